The molecule has 1 N–H and O–H groups in total. The number of hydrogen-bond donors (Lipinski definition) is 1. The molecular formula is C15H17F3N2O4S. The maximum absolute atomic E-state index is 12.4. The SMILES string of the molecule is COC(=O)c1c(NC(=O)[C@H]2CC(=O)N(CC(F)(F)F)C2)sc(C)c1C. The number of nitrogens with zero attached hydrogens (tertiary/aromatic N) is 1. The Morgan fingerprint density at radius 2 is 2.00 bits per heavy atom. The zero-order valence-corrected chi connectivity index (χ0v) is 14.6. The molecule has 2 rings (SSSR count). The topological polar surface area (TPSA) is 75.7 Å². The number of methoxy groups -OCH3 is 1. The van der Waals surface area contributed by atoms with Gasteiger partial charge in [0.2, 0.25) is 11.8 Å². The molecule has 1 aromatic heterocycles. The molecule has 1 fully saturated rings. The van der Waals surface area contributed by atoms with Crippen LogP contribution in [0.4, 0.5) is 18.2 Å². The lowest BCUT2D eigenvalue weighted by atomic mass is 10.1. The highest BCUT2D eigenvalue weighted by Crippen LogP contribution is 2.34. The second-order valence-corrected chi connectivity index (χ2v) is 6.98. The van der Waals surface area contributed by atoms with Crippen molar-refractivity contribution in [2.45, 2.75) is 26.4 Å². The molecule has 0 unspecified atom stereocenters. The summed E-state index contributed by atoms with van der Waals surface area (Å²) in [6.45, 7) is 1.80. The first-order valence-electron chi connectivity index (χ1n) is 7.37. The first kappa shape index (κ1) is 19.2. The molecule has 138 valence electrons. The summed E-state index contributed by atoms with van der Waals surface area (Å²) in [7, 11) is 1.21. The van der Waals surface area contributed by atoms with Crippen LogP contribution >= 0.6 is 11.3 Å². The highest BCUT2D eigenvalue weighted by Gasteiger charge is 2.40. The molecular weight excluding hydrogens is 361 g/mol. The van der Waals surface area contributed by atoms with Gasteiger partial charge in [-0.25, -0.2) is 4.79 Å². The first-order chi connectivity index (χ1) is 11.5. The van der Waals surface area contributed by atoms with Crippen molar-refractivity contribution in [3.05, 3.63) is 16.0 Å². The Bertz CT molecular complexity index is 714. The molecule has 0 spiro atoms. The minimum absolute atomic E-state index is 0.217. The van der Waals surface area contributed by atoms with E-state index in [1.54, 1.807) is 13.8 Å². The average molecular weight is 378 g/mol. The molecule has 2 amide bonds. The van der Waals surface area contributed by atoms with Crippen LogP contribution in [0, 0.1) is 19.8 Å². The Morgan fingerprint density at radius 3 is 2.56 bits per heavy atom. The van der Waals surface area contributed by atoms with Crippen LogP contribution in [-0.4, -0.2) is 49.1 Å². The van der Waals surface area contributed by atoms with Crippen LogP contribution in [-0.2, 0) is 14.3 Å². The van der Waals surface area contributed by atoms with E-state index in [0.29, 0.717) is 10.5 Å². The largest absolute Gasteiger partial charge is 0.465 e. The number of alkyl halides is 3. The third-order valence-electron chi connectivity index (χ3n) is 3.97. The molecule has 1 aliphatic rings. The van der Waals surface area contributed by atoms with E-state index in [4.69, 9.17) is 4.74 Å². The molecule has 1 saturated heterocycles. The maximum atomic E-state index is 12.4. The summed E-state index contributed by atoms with van der Waals surface area (Å²) in [5.41, 5.74) is 0.878. The molecule has 25 heavy (non-hydrogen) atoms. The minimum Gasteiger partial charge on any atom is -0.465 e. The zero-order valence-electron chi connectivity index (χ0n) is 13.8. The monoisotopic (exact) mass is 378 g/mol. The number of carbonyl (C=O) groups excluding carboxylic acids is 3. The molecule has 6 nitrogen and oxygen atoms in total. The number of amides is 2. The summed E-state index contributed by atoms with van der Waals surface area (Å²) in [5.74, 6) is -2.82. The quantitative estimate of drug-likeness (QED) is 0.817. The summed E-state index contributed by atoms with van der Waals surface area (Å²) >= 11 is 1.17. The highest BCUT2D eigenvalue weighted by atomic mass is 32.1. The van der Waals surface area contributed by atoms with Gasteiger partial charge in [0.15, 0.2) is 0 Å². The van der Waals surface area contributed by atoms with Crippen LogP contribution in [0.3, 0.4) is 0 Å². The van der Waals surface area contributed by atoms with Crippen molar-refractivity contribution >= 4 is 34.1 Å². The van der Waals surface area contributed by atoms with E-state index < -0.39 is 36.4 Å². The maximum Gasteiger partial charge on any atom is 0.406 e. The molecule has 0 saturated carbocycles. The standard InChI is InChI=1S/C15H17F3N2O4S/c1-7-8(2)25-13(11(7)14(23)24-3)19-12(22)9-4-10(21)20(5-9)6-15(16,17)18/h9H,4-6H2,1-3H3,(H,19,22)/t9-/m0/s1. The van der Waals surface area contributed by atoms with Gasteiger partial charge in [0.25, 0.3) is 0 Å². The molecule has 10 heteroatoms. The van der Waals surface area contributed by atoms with Crippen molar-refractivity contribution in [2.75, 3.05) is 25.5 Å². The Morgan fingerprint density at radius 1 is 1.36 bits per heavy atom. The van der Waals surface area contributed by atoms with E-state index in [1.165, 1.54) is 18.4 Å². The number of hydrogen-bond acceptors (Lipinski definition) is 5. The van der Waals surface area contributed by atoms with Gasteiger partial charge in [-0.05, 0) is 19.4 Å². The number of rotatable bonds is 4. The van der Waals surface area contributed by atoms with Gasteiger partial charge < -0.3 is 15.0 Å². The van der Waals surface area contributed by atoms with Crippen LogP contribution in [0.25, 0.3) is 0 Å². The summed E-state index contributed by atoms with van der Waals surface area (Å²) in [6, 6.07) is 0. The normalized spacial score (nSPS) is 17.8. The number of aryl methyl sites for hydroxylation is 1. The lowest BCUT2D eigenvalue weighted by Crippen LogP contribution is -2.36. The molecule has 1 aromatic rings. The third kappa shape index (κ3) is 4.30. The van der Waals surface area contributed by atoms with Crippen molar-refractivity contribution in [1.29, 1.82) is 0 Å². The van der Waals surface area contributed by atoms with E-state index >= 15 is 0 Å². The first-order valence-corrected chi connectivity index (χ1v) is 8.18. The van der Waals surface area contributed by atoms with Gasteiger partial charge in [0.1, 0.15) is 11.5 Å². The van der Waals surface area contributed by atoms with E-state index in [-0.39, 0.29) is 23.5 Å². The Balaban J connectivity index is 2.12. The molecule has 0 bridgehead atoms. The molecule has 2 heterocycles. The van der Waals surface area contributed by atoms with E-state index in [2.05, 4.69) is 5.32 Å². The molecule has 0 aliphatic carbocycles. The summed E-state index contributed by atoms with van der Waals surface area (Å²) < 4.78 is 42.0. The highest BCUT2D eigenvalue weighted by molar-refractivity contribution is 7.16. The molecule has 0 radical (unpaired) electrons. The summed E-state index contributed by atoms with van der Waals surface area (Å²) in [5, 5.41) is 2.82. The fraction of sp³-hybridized carbons (Fsp3) is 0.533. The smallest absolute Gasteiger partial charge is 0.406 e. The number of nitrogens with one attached hydrogen (secondary N) is 1. The summed E-state index contributed by atoms with van der Waals surface area (Å²) in [4.78, 5) is 37.3. The molecule has 1 aliphatic heterocycles. The second-order valence-electron chi connectivity index (χ2n) is 5.76. The van der Waals surface area contributed by atoms with Crippen molar-refractivity contribution in [3.8, 4) is 0 Å². The van der Waals surface area contributed by atoms with Crippen LogP contribution in [0.1, 0.15) is 27.2 Å². The van der Waals surface area contributed by atoms with E-state index in [1.807, 2.05) is 0 Å². The lowest BCUT2D eigenvalue weighted by molar-refractivity contribution is -0.157. The second kappa shape index (κ2) is 7.03. The molecule has 0 aromatic carbocycles. The Kier molecular flexibility index (Phi) is 5.40. The number of halogens is 3. The number of esters is 1. The number of likely N-dealkylation sites (tertiary alicyclic amines) is 1. The van der Waals surface area contributed by atoms with Crippen molar-refractivity contribution in [2.24, 2.45) is 5.92 Å². The fourth-order valence-electron chi connectivity index (χ4n) is 2.59. The predicted octanol–water partition coefficient (Wildman–Crippen LogP) is 2.50. The number of carbonyl (C=O) groups is 3. The number of anilines is 1. The van der Waals surface area contributed by atoms with Crippen molar-refractivity contribution in [3.63, 3.8) is 0 Å². The predicted molar refractivity (Wildman–Crippen MR) is 84.5 cm³/mol. The van der Waals surface area contributed by atoms with Crippen LogP contribution in [0.15, 0.2) is 0 Å². The van der Waals surface area contributed by atoms with Crippen LogP contribution < -0.4 is 5.32 Å². The van der Waals surface area contributed by atoms with Crippen molar-refractivity contribution in [1.82, 2.24) is 4.90 Å². The van der Waals surface area contributed by atoms with Gasteiger partial charge in [-0.1, -0.05) is 0 Å². The Hall–Kier alpha value is -2.10. The van der Waals surface area contributed by atoms with Gasteiger partial charge in [0.05, 0.1) is 18.6 Å². The van der Waals surface area contributed by atoms with Gasteiger partial charge in [-0.15, -0.1) is 11.3 Å². The van der Waals surface area contributed by atoms with Gasteiger partial charge in [-0.2, -0.15) is 13.2 Å². The third-order valence-corrected chi connectivity index (χ3v) is 5.09. The Labute approximate surface area is 145 Å². The van der Waals surface area contributed by atoms with E-state index in [0.717, 1.165) is 4.88 Å². The zero-order chi connectivity index (χ0) is 18.9. The van der Waals surface area contributed by atoms with Gasteiger partial charge >= 0.3 is 12.1 Å². The van der Waals surface area contributed by atoms with E-state index in [9.17, 15) is 27.6 Å². The minimum atomic E-state index is -4.51. The van der Waals surface area contributed by atoms with Gasteiger partial charge in [0, 0.05) is 17.8 Å². The average Bonchev–Trinajstić information content (AvgIpc) is 2.98. The van der Waals surface area contributed by atoms with Gasteiger partial charge in [-0.3, -0.25) is 9.59 Å². The number of thiophene rings is 1. The van der Waals surface area contributed by atoms with Crippen LogP contribution in [0.2, 0.25) is 0 Å². The summed E-state index contributed by atoms with van der Waals surface area (Å²) in [6.07, 6.45) is -4.81. The molecule has 1 atom stereocenters. The number of ether oxygens (including phenoxy) is 1. The fourth-order valence-corrected chi connectivity index (χ4v) is 3.65. The van der Waals surface area contributed by atoms with Crippen molar-refractivity contribution < 1.29 is 32.3 Å². The lowest BCUT2D eigenvalue weighted by Gasteiger charge is -2.18. The van der Waals surface area contributed by atoms with Crippen LogP contribution in [0.5, 0.6) is 0 Å².